The van der Waals surface area contributed by atoms with Gasteiger partial charge in [-0.2, -0.15) is 0 Å². The van der Waals surface area contributed by atoms with Crippen molar-refractivity contribution < 1.29 is 9.53 Å². The van der Waals surface area contributed by atoms with Crippen molar-refractivity contribution in [2.75, 3.05) is 13.2 Å². The van der Waals surface area contributed by atoms with E-state index in [4.69, 9.17) is 4.74 Å². The molecule has 0 radical (unpaired) electrons. The van der Waals surface area contributed by atoms with Crippen molar-refractivity contribution in [3.05, 3.63) is 30.6 Å². The third-order valence-corrected chi connectivity index (χ3v) is 5.15. The number of morpholine rings is 1. The highest BCUT2D eigenvalue weighted by molar-refractivity contribution is 5.78. The van der Waals surface area contributed by atoms with Crippen molar-refractivity contribution in [1.29, 1.82) is 0 Å². The van der Waals surface area contributed by atoms with Crippen LogP contribution in [0.25, 0.3) is 11.0 Å². The number of rotatable bonds is 3. The minimum atomic E-state index is 0.253. The van der Waals surface area contributed by atoms with Crippen LogP contribution in [0.5, 0.6) is 0 Å². The molecule has 1 aromatic carbocycles. The molecule has 2 aliphatic rings. The number of hydrogen-bond acceptors (Lipinski definition) is 3. The summed E-state index contributed by atoms with van der Waals surface area (Å²) in [5.41, 5.74) is 2.08. The molecule has 1 amide bonds. The lowest BCUT2D eigenvalue weighted by Crippen LogP contribution is -2.54. The van der Waals surface area contributed by atoms with Crippen LogP contribution in [0, 0.1) is 0 Å². The second-order valence-electron chi connectivity index (χ2n) is 6.52. The summed E-state index contributed by atoms with van der Waals surface area (Å²) < 4.78 is 7.94. The number of para-hydroxylation sites is 2. The Morgan fingerprint density at radius 1 is 1.26 bits per heavy atom. The second-order valence-corrected chi connectivity index (χ2v) is 6.52. The first-order chi connectivity index (χ1) is 11.3. The summed E-state index contributed by atoms with van der Waals surface area (Å²) in [7, 11) is 0. The Hall–Kier alpha value is -1.88. The Balaban J connectivity index is 1.43. The molecule has 0 N–H and O–H groups in total. The van der Waals surface area contributed by atoms with Crippen molar-refractivity contribution in [3.63, 3.8) is 0 Å². The van der Waals surface area contributed by atoms with Crippen LogP contribution in [0.15, 0.2) is 30.6 Å². The molecule has 1 aliphatic carbocycles. The van der Waals surface area contributed by atoms with Crippen LogP contribution in [0.2, 0.25) is 0 Å². The molecular weight excluding hydrogens is 290 g/mol. The number of aryl methyl sites for hydroxylation is 1. The molecule has 1 saturated heterocycles. The molecule has 1 aliphatic heterocycles. The summed E-state index contributed by atoms with van der Waals surface area (Å²) in [4.78, 5) is 19.2. The maximum Gasteiger partial charge on any atom is 0.224 e. The van der Waals surface area contributed by atoms with Crippen molar-refractivity contribution in [3.8, 4) is 0 Å². The Morgan fingerprint density at radius 2 is 2.13 bits per heavy atom. The maximum atomic E-state index is 12.7. The van der Waals surface area contributed by atoms with Gasteiger partial charge in [0.05, 0.1) is 36.1 Å². The lowest BCUT2D eigenvalue weighted by atomic mass is 9.90. The van der Waals surface area contributed by atoms with E-state index in [0.29, 0.717) is 25.6 Å². The summed E-state index contributed by atoms with van der Waals surface area (Å²) in [5.74, 6) is 0.253. The number of fused-ring (bicyclic) bond motifs is 2. The summed E-state index contributed by atoms with van der Waals surface area (Å²) in [6, 6.07) is 8.35. The molecule has 1 saturated carbocycles. The molecule has 0 spiro atoms. The van der Waals surface area contributed by atoms with Gasteiger partial charge in [-0.05, 0) is 25.0 Å². The first kappa shape index (κ1) is 14.7. The predicted molar refractivity (Wildman–Crippen MR) is 88.1 cm³/mol. The number of nitrogens with zero attached hydrogens (tertiary/aromatic N) is 3. The van der Waals surface area contributed by atoms with Crippen molar-refractivity contribution in [1.82, 2.24) is 14.5 Å². The molecule has 2 atom stereocenters. The van der Waals surface area contributed by atoms with E-state index in [-0.39, 0.29) is 12.0 Å². The van der Waals surface area contributed by atoms with Gasteiger partial charge in [0.15, 0.2) is 0 Å². The van der Waals surface area contributed by atoms with Gasteiger partial charge < -0.3 is 14.2 Å². The summed E-state index contributed by atoms with van der Waals surface area (Å²) in [6.45, 7) is 2.11. The van der Waals surface area contributed by atoms with E-state index in [1.54, 1.807) is 0 Å². The van der Waals surface area contributed by atoms with E-state index in [0.717, 1.165) is 30.4 Å². The van der Waals surface area contributed by atoms with Gasteiger partial charge >= 0.3 is 0 Å². The van der Waals surface area contributed by atoms with Gasteiger partial charge in [0.1, 0.15) is 0 Å². The Morgan fingerprint density at radius 3 is 3.09 bits per heavy atom. The molecular formula is C18H23N3O2. The molecule has 23 heavy (non-hydrogen) atoms. The topological polar surface area (TPSA) is 47.4 Å². The average molecular weight is 313 g/mol. The smallest absolute Gasteiger partial charge is 0.224 e. The molecule has 122 valence electrons. The average Bonchev–Trinajstić information content (AvgIpc) is 3.02. The normalized spacial score (nSPS) is 24.6. The third-order valence-electron chi connectivity index (χ3n) is 5.15. The second kappa shape index (κ2) is 6.32. The molecule has 0 unspecified atom stereocenters. The molecule has 0 bridgehead atoms. The van der Waals surface area contributed by atoms with Gasteiger partial charge in [0, 0.05) is 19.5 Å². The molecule has 5 heteroatoms. The Labute approximate surface area is 136 Å². The summed E-state index contributed by atoms with van der Waals surface area (Å²) >= 11 is 0. The molecule has 2 heterocycles. The van der Waals surface area contributed by atoms with Gasteiger partial charge in [0.2, 0.25) is 5.91 Å². The number of benzene rings is 1. The number of ether oxygens (including phenoxy) is 1. The highest BCUT2D eigenvalue weighted by Gasteiger charge is 2.36. The van der Waals surface area contributed by atoms with Crippen molar-refractivity contribution in [2.45, 2.75) is 50.8 Å². The molecule has 2 aromatic rings. The largest absolute Gasteiger partial charge is 0.374 e. The lowest BCUT2D eigenvalue weighted by molar-refractivity contribution is -0.149. The summed E-state index contributed by atoms with van der Waals surface area (Å²) in [6.07, 6.45) is 7.25. The van der Waals surface area contributed by atoms with Gasteiger partial charge in [-0.1, -0.05) is 25.0 Å². The Bertz CT molecular complexity index is 694. The van der Waals surface area contributed by atoms with Gasteiger partial charge in [0.25, 0.3) is 0 Å². The molecule has 2 fully saturated rings. The van der Waals surface area contributed by atoms with Crippen LogP contribution in [0.1, 0.15) is 32.1 Å². The van der Waals surface area contributed by atoms with Crippen LogP contribution in [-0.2, 0) is 16.1 Å². The van der Waals surface area contributed by atoms with E-state index in [1.165, 1.54) is 12.8 Å². The first-order valence-electron chi connectivity index (χ1n) is 8.64. The number of carbonyl (C=O) groups excluding carboxylic acids is 1. The fourth-order valence-electron chi connectivity index (χ4n) is 3.95. The quantitative estimate of drug-likeness (QED) is 0.875. The fraction of sp³-hybridized carbons (Fsp3) is 0.556. The molecule has 1 aromatic heterocycles. The number of carbonyl (C=O) groups is 1. The van der Waals surface area contributed by atoms with Gasteiger partial charge in [-0.15, -0.1) is 0 Å². The standard InChI is InChI=1S/C18H23N3O2/c22-18(21-11-12-23-17-8-4-3-7-16(17)21)9-10-20-13-19-14-5-1-2-6-15(14)20/h1-2,5-6,13,16-17H,3-4,7-12H2/t16-,17-/m0/s1. The number of aromatic nitrogens is 2. The number of amides is 1. The van der Waals surface area contributed by atoms with E-state index in [9.17, 15) is 4.79 Å². The zero-order valence-corrected chi connectivity index (χ0v) is 13.4. The van der Waals surface area contributed by atoms with Gasteiger partial charge in [-0.25, -0.2) is 4.98 Å². The van der Waals surface area contributed by atoms with Crippen LogP contribution >= 0.6 is 0 Å². The van der Waals surface area contributed by atoms with Crippen LogP contribution < -0.4 is 0 Å². The van der Waals surface area contributed by atoms with E-state index in [2.05, 4.69) is 20.5 Å². The van der Waals surface area contributed by atoms with Crippen molar-refractivity contribution in [2.24, 2.45) is 0 Å². The first-order valence-corrected chi connectivity index (χ1v) is 8.64. The summed E-state index contributed by atoms with van der Waals surface area (Å²) in [5, 5.41) is 0. The van der Waals surface area contributed by atoms with E-state index < -0.39 is 0 Å². The highest BCUT2D eigenvalue weighted by atomic mass is 16.5. The van der Waals surface area contributed by atoms with Crippen molar-refractivity contribution >= 4 is 16.9 Å². The third kappa shape index (κ3) is 2.85. The molecule has 4 rings (SSSR count). The maximum absolute atomic E-state index is 12.7. The highest BCUT2D eigenvalue weighted by Crippen LogP contribution is 2.28. The van der Waals surface area contributed by atoms with E-state index in [1.807, 2.05) is 24.5 Å². The van der Waals surface area contributed by atoms with Crippen LogP contribution in [-0.4, -0.2) is 45.7 Å². The zero-order valence-electron chi connectivity index (χ0n) is 13.4. The van der Waals surface area contributed by atoms with Crippen LogP contribution in [0.4, 0.5) is 0 Å². The monoisotopic (exact) mass is 313 g/mol. The number of hydrogen-bond donors (Lipinski definition) is 0. The minimum Gasteiger partial charge on any atom is -0.374 e. The van der Waals surface area contributed by atoms with Gasteiger partial charge in [-0.3, -0.25) is 4.79 Å². The molecule has 5 nitrogen and oxygen atoms in total. The minimum absolute atomic E-state index is 0.253. The fourth-order valence-corrected chi connectivity index (χ4v) is 3.95. The predicted octanol–water partition coefficient (Wildman–Crippen LogP) is 2.60. The van der Waals surface area contributed by atoms with E-state index >= 15 is 0 Å². The lowest BCUT2D eigenvalue weighted by Gasteiger charge is -2.43. The SMILES string of the molecule is O=C(CCn1cnc2ccccc21)N1CCO[C@H]2CCCC[C@@H]21. The number of imidazole rings is 1. The zero-order chi connectivity index (χ0) is 15.6. The van der Waals surface area contributed by atoms with Crippen LogP contribution in [0.3, 0.4) is 0 Å². The Kier molecular flexibility index (Phi) is 4.04.